The smallest absolute Gasteiger partial charge is 0.316 e. The van der Waals surface area contributed by atoms with Gasteiger partial charge in [-0.15, -0.1) is 0 Å². The molecule has 0 saturated carbocycles. The van der Waals surface area contributed by atoms with Gasteiger partial charge in [-0.25, -0.2) is 14.4 Å². The molecule has 1 saturated heterocycles. The van der Waals surface area contributed by atoms with Gasteiger partial charge in [0.05, 0.1) is 18.9 Å². The standard InChI is InChI=1S/C12H14FN3O2/c1-2-3-11(17)16-5-4-10(8-16)18-12-14-6-9(13)7-15-12/h2-3,6-7,10H,4-5,8H2,1H3/b3-2+/t10-/m0/s1. The number of carbonyl (C=O) groups is 1. The van der Waals surface area contributed by atoms with Gasteiger partial charge in [0, 0.05) is 13.0 Å². The second kappa shape index (κ2) is 5.57. The van der Waals surface area contributed by atoms with Crippen LogP contribution >= 0.6 is 0 Å². The monoisotopic (exact) mass is 251 g/mol. The second-order valence-electron chi connectivity index (χ2n) is 4.00. The van der Waals surface area contributed by atoms with Crippen LogP contribution in [-0.2, 0) is 4.79 Å². The van der Waals surface area contributed by atoms with Crippen LogP contribution < -0.4 is 4.74 Å². The fraction of sp³-hybridized carbons (Fsp3) is 0.417. The Kier molecular flexibility index (Phi) is 3.86. The number of amides is 1. The Labute approximate surface area is 104 Å². The van der Waals surface area contributed by atoms with E-state index < -0.39 is 5.82 Å². The lowest BCUT2D eigenvalue weighted by molar-refractivity contribution is -0.125. The minimum absolute atomic E-state index is 0.0244. The predicted octanol–water partition coefficient (Wildman–Crippen LogP) is 1.17. The van der Waals surface area contributed by atoms with Crippen molar-refractivity contribution in [1.29, 1.82) is 0 Å². The van der Waals surface area contributed by atoms with Crippen LogP contribution in [0.3, 0.4) is 0 Å². The molecule has 0 unspecified atom stereocenters. The van der Waals surface area contributed by atoms with E-state index in [1.165, 1.54) is 6.08 Å². The van der Waals surface area contributed by atoms with Gasteiger partial charge < -0.3 is 9.64 Å². The number of aromatic nitrogens is 2. The third-order valence-corrected chi connectivity index (χ3v) is 2.63. The zero-order chi connectivity index (χ0) is 13.0. The predicted molar refractivity (Wildman–Crippen MR) is 62.4 cm³/mol. The first kappa shape index (κ1) is 12.5. The molecule has 6 heteroatoms. The van der Waals surface area contributed by atoms with Gasteiger partial charge in [0.2, 0.25) is 5.91 Å². The number of allylic oxidation sites excluding steroid dienone is 1. The van der Waals surface area contributed by atoms with Crippen molar-refractivity contribution in [3.05, 3.63) is 30.4 Å². The van der Waals surface area contributed by atoms with Crippen LogP contribution in [0.1, 0.15) is 13.3 Å². The topological polar surface area (TPSA) is 55.3 Å². The van der Waals surface area contributed by atoms with Crippen molar-refractivity contribution in [2.75, 3.05) is 13.1 Å². The number of likely N-dealkylation sites (tertiary alicyclic amines) is 1. The summed E-state index contributed by atoms with van der Waals surface area (Å²) in [6.07, 6.45) is 5.94. The maximum atomic E-state index is 12.6. The Hall–Kier alpha value is -1.98. The normalized spacial score (nSPS) is 19.4. The second-order valence-corrected chi connectivity index (χ2v) is 4.00. The molecule has 1 amide bonds. The summed E-state index contributed by atoms with van der Waals surface area (Å²) in [6.45, 7) is 2.95. The Morgan fingerprint density at radius 3 is 2.94 bits per heavy atom. The van der Waals surface area contributed by atoms with Crippen LogP contribution in [0, 0.1) is 5.82 Å². The molecule has 0 bridgehead atoms. The molecular weight excluding hydrogens is 237 g/mol. The summed E-state index contributed by atoms with van der Waals surface area (Å²) >= 11 is 0. The molecule has 0 spiro atoms. The highest BCUT2D eigenvalue weighted by atomic mass is 19.1. The van der Waals surface area contributed by atoms with Crippen LogP contribution in [0.25, 0.3) is 0 Å². The van der Waals surface area contributed by atoms with Crippen molar-refractivity contribution >= 4 is 5.91 Å². The van der Waals surface area contributed by atoms with E-state index in [2.05, 4.69) is 9.97 Å². The molecule has 0 N–H and O–H groups in total. The fourth-order valence-corrected chi connectivity index (χ4v) is 1.78. The van der Waals surface area contributed by atoms with E-state index >= 15 is 0 Å². The maximum absolute atomic E-state index is 12.6. The summed E-state index contributed by atoms with van der Waals surface area (Å²) in [7, 11) is 0. The van der Waals surface area contributed by atoms with Crippen molar-refractivity contribution in [1.82, 2.24) is 14.9 Å². The fourth-order valence-electron chi connectivity index (χ4n) is 1.78. The molecule has 1 atom stereocenters. The molecule has 5 nitrogen and oxygen atoms in total. The van der Waals surface area contributed by atoms with Gasteiger partial charge in [0.1, 0.15) is 6.10 Å². The Morgan fingerprint density at radius 1 is 1.56 bits per heavy atom. The molecule has 96 valence electrons. The van der Waals surface area contributed by atoms with Crippen LogP contribution in [0.4, 0.5) is 4.39 Å². The zero-order valence-electron chi connectivity index (χ0n) is 10.0. The maximum Gasteiger partial charge on any atom is 0.316 e. The first-order valence-corrected chi connectivity index (χ1v) is 5.75. The van der Waals surface area contributed by atoms with Crippen LogP contribution in [0.15, 0.2) is 24.5 Å². The lowest BCUT2D eigenvalue weighted by Gasteiger charge is -2.14. The summed E-state index contributed by atoms with van der Waals surface area (Å²) in [5.74, 6) is -0.526. The molecule has 1 aromatic rings. The Morgan fingerprint density at radius 2 is 2.28 bits per heavy atom. The first-order valence-electron chi connectivity index (χ1n) is 5.75. The SMILES string of the molecule is C/C=C/C(=O)N1CC[C@H](Oc2ncc(F)cn2)C1. The summed E-state index contributed by atoms with van der Waals surface area (Å²) < 4.78 is 18.1. The van der Waals surface area contributed by atoms with E-state index in [0.717, 1.165) is 18.8 Å². The molecule has 1 aliphatic rings. The Bertz CT molecular complexity index is 447. The minimum Gasteiger partial charge on any atom is -0.458 e. The average molecular weight is 251 g/mol. The quantitative estimate of drug-likeness (QED) is 0.757. The number of carbonyl (C=O) groups excluding carboxylic acids is 1. The number of hydrogen-bond donors (Lipinski definition) is 0. The van der Waals surface area contributed by atoms with Crippen molar-refractivity contribution in [2.24, 2.45) is 0 Å². The first-order chi connectivity index (χ1) is 8.69. The molecule has 1 aromatic heterocycles. The van der Waals surface area contributed by atoms with Gasteiger partial charge in [-0.05, 0) is 13.0 Å². The van der Waals surface area contributed by atoms with Crippen LogP contribution in [-0.4, -0.2) is 40.0 Å². The summed E-state index contributed by atoms with van der Waals surface area (Å²) in [4.78, 5) is 20.7. The van der Waals surface area contributed by atoms with Crippen molar-refractivity contribution in [3.8, 4) is 6.01 Å². The van der Waals surface area contributed by atoms with Gasteiger partial charge in [-0.2, -0.15) is 0 Å². The number of halogens is 1. The minimum atomic E-state index is -0.501. The van der Waals surface area contributed by atoms with Crippen LogP contribution in [0.2, 0.25) is 0 Å². The van der Waals surface area contributed by atoms with Gasteiger partial charge >= 0.3 is 6.01 Å². The highest BCUT2D eigenvalue weighted by molar-refractivity contribution is 5.87. The third kappa shape index (κ3) is 3.03. The highest BCUT2D eigenvalue weighted by Gasteiger charge is 2.26. The van der Waals surface area contributed by atoms with Crippen molar-refractivity contribution in [3.63, 3.8) is 0 Å². The molecule has 0 aliphatic carbocycles. The van der Waals surface area contributed by atoms with Crippen molar-refractivity contribution < 1.29 is 13.9 Å². The van der Waals surface area contributed by atoms with Crippen LogP contribution in [0.5, 0.6) is 6.01 Å². The molecule has 2 rings (SSSR count). The number of hydrogen-bond acceptors (Lipinski definition) is 4. The summed E-state index contributed by atoms with van der Waals surface area (Å²) in [6, 6.07) is 0.140. The molecule has 0 aromatic carbocycles. The highest BCUT2D eigenvalue weighted by Crippen LogP contribution is 2.15. The Balaban J connectivity index is 1.89. The van der Waals surface area contributed by atoms with E-state index in [9.17, 15) is 9.18 Å². The van der Waals surface area contributed by atoms with Gasteiger partial charge in [0.25, 0.3) is 0 Å². The zero-order valence-corrected chi connectivity index (χ0v) is 10.0. The summed E-state index contributed by atoms with van der Waals surface area (Å²) in [5.41, 5.74) is 0. The molecule has 1 aliphatic heterocycles. The van der Waals surface area contributed by atoms with E-state index in [4.69, 9.17) is 4.74 Å². The van der Waals surface area contributed by atoms with Gasteiger partial charge in [0.15, 0.2) is 5.82 Å². The average Bonchev–Trinajstić information content (AvgIpc) is 2.81. The molecule has 1 fully saturated rings. The van der Waals surface area contributed by atoms with E-state index in [1.54, 1.807) is 17.9 Å². The van der Waals surface area contributed by atoms with Gasteiger partial charge in [-0.3, -0.25) is 4.79 Å². The van der Waals surface area contributed by atoms with E-state index in [1.807, 2.05) is 0 Å². The molecule has 2 heterocycles. The van der Waals surface area contributed by atoms with Gasteiger partial charge in [-0.1, -0.05) is 6.08 Å². The number of rotatable bonds is 3. The lowest BCUT2D eigenvalue weighted by atomic mass is 10.3. The van der Waals surface area contributed by atoms with Crippen molar-refractivity contribution in [2.45, 2.75) is 19.4 Å². The van der Waals surface area contributed by atoms with E-state index in [0.29, 0.717) is 13.1 Å². The number of nitrogens with zero attached hydrogens (tertiary/aromatic N) is 3. The number of ether oxygens (including phenoxy) is 1. The largest absolute Gasteiger partial charge is 0.458 e. The molecule has 0 radical (unpaired) electrons. The molecular formula is C12H14FN3O2. The lowest BCUT2D eigenvalue weighted by Crippen LogP contribution is -2.29. The molecule has 18 heavy (non-hydrogen) atoms. The third-order valence-electron chi connectivity index (χ3n) is 2.63. The van der Waals surface area contributed by atoms with E-state index in [-0.39, 0.29) is 18.0 Å². The summed E-state index contributed by atoms with van der Waals surface area (Å²) in [5, 5.41) is 0.